The molecule has 1 aliphatic heterocycles. The van der Waals surface area contributed by atoms with E-state index < -0.39 is 7.60 Å². The van der Waals surface area contributed by atoms with Gasteiger partial charge in [0.05, 0.1) is 19.4 Å². The Morgan fingerprint density at radius 1 is 1.06 bits per heavy atom. The van der Waals surface area contributed by atoms with Crippen LogP contribution in [0.1, 0.15) is 33.1 Å². The molecular formula is C11H24NO3P. The summed E-state index contributed by atoms with van der Waals surface area (Å²) in [5.41, 5.74) is 0. The normalized spacial score (nSPS) is 18.9. The van der Waals surface area contributed by atoms with Gasteiger partial charge in [-0.3, -0.25) is 4.57 Å². The average Bonchev–Trinajstić information content (AvgIpc) is 2.29. The van der Waals surface area contributed by atoms with Crippen LogP contribution >= 0.6 is 7.60 Å². The third-order valence-corrected chi connectivity index (χ3v) is 4.84. The Morgan fingerprint density at radius 2 is 1.62 bits per heavy atom. The Bertz CT molecular complexity index is 219. The Labute approximate surface area is 98.8 Å². The number of nitrogens with zero attached hydrogens (tertiary/aromatic N) is 1. The van der Waals surface area contributed by atoms with Crippen LogP contribution in [0.3, 0.4) is 0 Å². The van der Waals surface area contributed by atoms with Crippen molar-refractivity contribution in [1.29, 1.82) is 0 Å². The summed E-state index contributed by atoms with van der Waals surface area (Å²) in [7, 11) is -2.83. The van der Waals surface area contributed by atoms with E-state index in [4.69, 9.17) is 9.05 Å². The lowest BCUT2D eigenvalue weighted by atomic mass is 10.1. The molecule has 0 atom stereocenters. The van der Waals surface area contributed by atoms with Crippen molar-refractivity contribution >= 4 is 7.60 Å². The summed E-state index contributed by atoms with van der Waals surface area (Å²) in [5, 5.41) is 0. The van der Waals surface area contributed by atoms with E-state index in [-0.39, 0.29) is 0 Å². The SMILES string of the molecule is CCOP(=O)(CCN1CCCCC1)OCC. The largest absolute Gasteiger partial charge is 0.331 e. The Hall–Kier alpha value is 0.110. The smallest absolute Gasteiger partial charge is 0.309 e. The summed E-state index contributed by atoms with van der Waals surface area (Å²) >= 11 is 0. The molecule has 1 heterocycles. The fourth-order valence-electron chi connectivity index (χ4n) is 2.01. The van der Waals surface area contributed by atoms with Crippen molar-refractivity contribution in [1.82, 2.24) is 4.90 Å². The molecule has 0 radical (unpaired) electrons. The van der Waals surface area contributed by atoms with E-state index in [1.54, 1.807) is 0 Å². The first-order chi connectivity index (χ1) is 7.70. The minimum atomic E-state index is -2.83. The Kier molecular flexibility index (Phi) is 6.59. The van der Waals surface area contributed by atoms with E-state index in [9.17, 15) is 4.57 Å². The van der Waals surface area contributed by atoms with Crippen LogP contribution in [0.5, 0.6) is 0 Å². The summed E-state index contributed by atoms with van der Waals surface area (Å²) in [6.07, 6.45) is 4.36. The maximum atomic E-state index is 12.2. The highest BCUT2D eigenvalue weighted by molar-refractivity contribution is 7.53. The standard InChI is InChI=1S/C11H24NO3P/c1-3-14-16(13,15-4-2)11-10-12-8-6-5-7-9-12/h3-11H2,1-2H3. The van der Waals surface area contributed by atoms with Gasteiger partial charge in [-0.15, -0.1) is 0 Å². The minimum absolute atomic E-state index is 0.456. The van der Waals surface area contributed by atoms with Crippen molar-refractivity contribution in [3.8, 4) is 0 Å². The topological polar surface area (TPSA) is 38.8 Å². The fourth-order valence-corrected chi connectivity index (χ4v) is 3.65. The molecule has 0 N–H and O–H groups in total. The van der Waals surface area contributed by atoms with Crippen molar-refractivity contribution < 1.29 is 13.6 Å². The number of piperidine rings is 1. The lowest BCUT2D eigenvalue weighted by Crippen LogP contribution is -2.32. The zero-order chi connectivity index (χ0) is 11.9. The minimum Gasteiger partial charge on any atom is -0.309 e. The number of rotatable bonds is 7. The third-order valence-electron chi connectivity index (χ3n) is 2.79. The molecule has 0 saturated carbocycles. The molecule has 0 unspecified atom stereocenters. The van der Waals surface area contributed by atoms with Gasteiger partial charge in [-0.25, -0.2) is 0 Å². The first kappa shape index (κ1) is 14.2. The molecule has 0 aromatic carbocycles. The molecule has 1 fully saturated rings. The predicted molar refractivity (Wildman–Crippen MR) is 66.0 cm³/mol. The molecule has 96 valence electrons. The molecule has 0 aliphatic carbocycles. The van der Waals surface area contributed by atoms with Crippen molar-refractivity contribution in [2.75, 3.05) is 39.0 Å². The zero-order valence-corrected chi connectivity index (χ0v) is 11.4. The van der Waals surface area contributed by atoms with Gasteiger partial charge in [0.1, 0.15) is 0 Å². The van der Waals surface area contributed by atoms with E-state index in [0.717, 1.165) is 19.6 Å². The number of hydrogen-bond acceptors (Lipinski definition) is 4. The van der Waals surface area contributed by atoms with Crippen LogP contribution < -0.4 is 0 Å². The van der Waals surface area contributed by atoms with Gasteiger partial charge in [0, 0.05) is 6.54 Å². The van der Waals surface area contributed by atoms with E-state index in [1.165, 1.54) is 19.3 Å². The highest BCUT2D eigenvalue weighted by Crippen LogP contribution is 2.47. The molecule has 5 heteroatoms. The summed E-state index contributed by atoms with van der Waals surface area (Å²) in [6.45, 7) is 7.70. The molecule has 1 rings (SSSR count). The van der Waals surface area contributed by atoms with Crippen molar-refractivity contribution in [2.24, 2.45) is 0 Å². The molecular weight excluding hydrogens is 225 g/mol. The van der Waals surface area contributed by atoms with E-state index in [0.29, 0.717) is 19.4 Å². The van der Waals surface area contributed by atoms with Crippen LogP contribution in [-0.2, 0) is 13.6 Å². The van der Waals surface area contributed by atoms with E-state index in [1.807, 2.05) is 13.8 Å². The maximum Gasteiger partial charge on any atom is 0.331 e. The quantitative estimate of drug-likeness (QED) is 0.650. The third kappa shape index (κ3) is 4.96. The summed E-state index contributed by atoms with van der Waals surface area (Å²) in [4.78, 5) is 2.36. The van der Waals surface area contributed by atoms with Gasteiger partial charge in [0.25, 0.3) is 0 Å². The van der Waals surface area contributed by atoms with Gasteiger partial charge >= 0.3 is 7.60 Å². The summed E-state index contributed by atoms with van der Waals surface area (Å²) in [6, 6.07) is 0. The van der Waals surface area contributed by atoms with Gasteiger partial charge in [-0.05, 0) is 39.8 Å². The number of hydrogen-bond donors (Lipinski definition) is 0. The first-order valence-corrected chi connectivity index (χ1v) is 8.03. The van der Waals surface area contributed by atoms with Gasteiger partial charge in [0.2, 0.25) is 0 Å². The Morgan fingerprint density at radius 3 is 2.12 bits per heavy atom. The van der Waals surface area contributed by atoms with Crippen LogP contribution in [0.15, 0.2) is 0 Å². The van der Waals surface area contributed by atoms with Gasteiger partial charge < -0.3 is 13.9 Å². The van der Waals surface area contributed by atoms with E-state index in [2.05, 4.69) is 4.90 Å². The lowest BCUT2D eigenvalue weighted by molar-refractivity contribution is 0.203. The molecule has 16 heavy (non-hydrogen) atoms. The highest BCUT2D eigenvalue weighted by Gasteiger charge is 2.24. The van der Waals surface area contributed by atoms with Crippen molar-refractivity contribution in [3.63, 3.8) is 0 Å². The molecule has 4 nitrogen and oxygen atoms in total. The molecule has 1 aliphatic rings. The second kappa shape index (κ2) is 7.44. The van der Waals surface area contributed by atoms with Crippen molar-refractivity contribution in [2.45, 2.75) is 33.1 Å². The molecule has 1 saturated heterocycles. The fraction of sp³-hybridized carbons (Fsp3) is 1.00. The second-order valence-corrected chi connectivity index (χ2v) is 6.26. The van der Waals surface area contributed by atoms with Crippen LogP contribution in [-0.4, -0.2) is 43.9 Å². The molecule has 0 amide bonds. The zero-order valence-electron chi connectivity index (χ0n) is 10.5. The second-order valence-electron chi connectivity index (χ2n) is 4.07. The maximum absolute atomic E-state index is 12.2. The molecule has 0 aromatic rings. The van der Waals surface area contributed by atoms with Crippen LogP contribution in [0.25, 0.3) is 0 Å². The number of likely N-dealkylation sites (tertiary alicyclic amines) is 1. The van der Waals surface area contributed by atoms with Crippen LogP contribution in [0.4, 0.5) is 0 Å². The highest BCUT2D eigenvalue weighted by atomic mass is 31.2. The molecule has 0 spiro atoms. The lowest BCUT2D eigenvalue weighted by Gasteiger charge is -2.27. The van der Waals surface area contributed by atoms with Gasteiger partial charge in [-0.2, -0.15) is 0 Å². The summed E-state index contributed by atoms with van der Waals surface area (Å²) < 4.78 is 22.7. The van der Waals surface area contributed by atoms with Crippen LogP contribution in [0.2, 0.25) is 0 Å². The summed E-state index contributed by atoms with van der Waals surface area (Å²) in [5.74, 6) is 0. The molecule has 0 bridgehead atoms. The van der Waals surface area contributed by atoms with Gasteiger partial charge in [-0.1, -0.05) is 6.42 Å². The first-order valence-electron chi connectivity index (χ1n) is 6.30. The average molecular weight is 249 g/mol. The van der Waals surface area contributed by atoms with Crippen LogP contribution in [0, 0.1) is 0 Å². The van der Waals surface area contributed by atoms with E-state index >= 15 is 0 Å². The van der Waals surface area contributed by atoms with Crippen molar-refractivity contribution in [3.05, 3.63) is 0 Å². The monoisotopic (exact) mass is 249 g/mol. The Balaban J connectivity index is 2.33. The predicted octanol–water partition coefficient (Wildman–Crippen LogP) is 2.74. The van der Waals surface area contributed by atoms with Gasteiger partial charge in [0.15, 0.2) is 0 Å². The molecule has 0 aromatic heterocycles.